The topological polar surface area (TPSA) is 0 Å². The molecule has 0 N–H and O–H groups in total. The van der Waals surface area contributed by atoms with Gasteiger partial charge in [0.2, 0.25) is 0 Å². The largest absolute Gasteiger partial charge is 0.144 e. The summed E-state index contributed by atoms with van der Waals surface area (Å²) in [5.41, 5.74) is 0. The highest BCUT2D eigenvalue weighted by Gasteiger charge is 2.28. The molecule has 0 atom stereocenters. The normalized spacial score (nSPS) is 22.9. The molecule has 1 saturated heterocycles. The van der Waals surface area contributed by atoms with Crippen LogP contribution >= 0.6 is 23.5 Å². The summed E-state index contributed by atoms with van der Waals surface area (Å²) in [6, 6.07) is 0. The van der Waals surface area contributed by atoms with E-state index in [0.717, 1.165) is 6.42 Å². The van der Waals surface area contributed by atoms with Gasteiger partial charge >= 0.3 is 0 Å². The summed E-state index contributed by atoms with van der Waals surface area (Å²) in [5.74, 6) is 2.66. The molecule has 0 bridgehead atoms. The average molecular weight is 174 g/mol. The molecule has 1 fully saturated rings. The molecule has 58 valence electrons. The summed E-state index contributed by atoms with van der Waals surface area (Å²) in [4.78, 5) is 0. The molecule has 0 aliphatic carbocycles. The zero-order chi connectivity index (χ0) is 7.45. The van der Waals surface area contributed by atoms with Crippen LogP contribution < -0.4 is 0 Å². The van der Waals surface area contributed by atoms with Crippen molar-refractivity contribution in [2.75, 3.05) is 11.5 Å². The van der Waals surface area contributed by atoms with Crippen molar-refractivity contribution in [1.82, 2.24) is 0 Å². The van der Waals surface area contributed by atoms with E-state index in [1.54, 1.807) is 0 Å². The van der Waals surface area contributed by atoms with E-state index in [1.807, 2.05) is 6.08 Å². The lowest BCUT2D eigenvalue weighted by Gasteiger charge is -2.20. The van der Waals surface area contributed by atoms with E-state index in [-0.39, 0.29) is 0 Å². The summed E-state index contributed by atoms with van der Waals surface area (Å²) in [6.45, 7) is 6.08. The Kier molecular flexibility index (Phi) is 3.18. The van der Waals surface area contributed by atoms with E-state index in [4.69, 9.17) is 0 Å². The first-order valence-electron chi connectivity index (χ1n) is 3.66. The summed E-state index contributed by atoms with van der Waals surface area (Å²) < 4.78 is 0.508. The lowest BCUT2D eigenvalue weighted by molar-refractivity contribution is 0.791. The van der Waals surface area contributed by atoms with Crippen molar-refractivity contribution < 1.29 is 0 Å². The summed E-state index contributed by atoms with van der Waals surface area (Å²) in [6.07, 6.45) is 4.47. The first-order valence-corrected chi connectivity index (χ1v) is 5.63. The van der Waals surface area contributed by atoms with Gasteiger partial charge in [-0.3, -0.25) is 0 Å². The molecule has 0 amide bonds. The first-order chi connectivity index (χ1) is 4.77. The van der Waals surface area contributed by atoms with Gasteiger partial charge in [0.15, 0.2) is 0 Å². The second kappa shape index (κ2) is 3.72. The van der Waals surface area contributed by atoms with Crippen LogP contribution in [0.25, 0.3) is 0 Å². The second-order valence-corrected chi connectivity index (χ2v) is 6.11. The maximum atomic E-state index is 3.73. The fourth-order valence-electron chi connectivity index (χ4n) is 1.07. The predicted molar refractivity (Wildman–Crippen MR) is 52.8 cm³/mol. The highest BCUT2D eigenvalue weighted by molar-refractivity contribution is 8.21. The number of rotatable bonds is 3. The number of thioether (sulfide) groups is 2. The van der Waals surface area contributed by atoms with Crippen molar-refractivity contribution in [2.45, 2.75) is 23.8 Å². The monoisotopic (exact) mass is 174 g/mol. The first kappa shape index (κ1) is 8.54. The van der Waals surface area contributed by atoms with Gasteiger partial charge in [-0.1, -0.05) is 6.08 Å². The maximum Gasteiger partial charge on any atom is 0.0586 e. The van der Waals surface area contributed by atoms with Gasteiger partial charge in [-0.2, -0.15) is 0 Å². The standard InChI is InChI=1S/C8H14S2/c1-3-4-5-8(2)9-6-7-10-8/h3H,1,4-7H2,2H3. The molecule has 0 aromatic heterocycles. The van der Waals surface area contributed by atoms with Gasteiger partial charge in [-0.25, -0.2) is 0 Å². The minimum absolute atomic E-state index is 0.508. The lowest BCUT2D eigenvalue weighted by Crippen LogP contribution is -2.09. The molecule has 1 rings (SSSR count). The number of allylic oxidation sites excluding steroid dienone is 1. The summed E-state index contributed by atoms with van der Waals surface area (Å²) >= 11 is 4.20. The Labute approximate surface area is 71.8 Å². The fraction of sp³-hybridized carbons (Fsp3) is 0.750. The van der Waals surface area contributed by atoms with Gasteiger partial charge in [0.05, 0.1) is 4.08 Å². The van der Waals surface area contributed by atoms with E-state index in [0.29, 0.717) is 4.08 Å². The van der Waals surface area contributed by atoms with E-state index in [1.165, 1.54) is 17.9 Å². The van der Waals surface area contributed by atoms with Gasteiger partial charge in [-0.05, 0) is 19.8 Å². The lowest BCUT2D eigenvalue weighted by atomic mass is 10.2. The van der Waals surface area contributed by atoms with E-state index < -0.39 is 0 Å². The van der Waals surface area contributed by atoms with Crippen molar-refractivity contribution in [1.29, 1.82) is 0 Å². The third-order valence-corrected chi connectivity index (χ3v) is 5.11. The summed E-state index contributed by atoms with van der Waals surface area (Å²) in [5, 5.41) is 0. The van der Waals surface area contributed by atoms with Crippen LogP contribution in [0.1, 0.15) is 19.8 Å². The van der Waals surface area contributed by atoms with Crippen LogP contribution in [0, 0.1) is 0 Å². The molecule has 1 aliphatic rings. The van der Waals surface area contributed by atoms with Gasteiger partial charge < -0.3 is 0 Å². The third-order valence-electron chi connectivity index (χ3n) is 1.70. The molecule has 10 heavy (non-hydrogen) atoms. The SMILES string of the molecule is C=CCCC1(C)SCCS1. The van der Waals surface area contributed by atoms with E-state index in [9.17, 15) is 0 Å². The van der Waals surface area contributed by atoms with Crippen molar-refractivity contribution in [2.24, 2.45) is 0 Å². The maximum absolute atomic E-state index is 3.73. The quantitative estimate of drug-likeness (QED) is 0.603. The van der Waals surface area contributed by atoms with Crippen LogP contribution in [0.3, 0.4) is 0 Å². The van der Waals surface area contributed by atoms with Crippen molar-refractivity contribution >= 4 is 23.5 Å². The predicted octanol–water partition coefficient (Wildman–Crippen LogP) is 3.15. The summed E-state index contributed by atoms with van der Waals surface area (Å²) in [7, 11) is 0. The molecule has 1 heterocycles. The van der Waals surface area contributed by atoms with E-state index >= 15 is 0 Å². The minimum atomic E-state index is 0.508. The second-order valence-electron chi connectivity index (χ2n) is 2.66. The molecule has 0 unspecified atom stereocenters. The van der Waals surface area contributed by atoms with Crippen molar-refractivity contribution in [3.63, 3.8) is 0 Å². The van der Waals surface area contributed by atoms with Crippen LogP contribution in [0.4, 0.5) is 0 Å². The Balaban J connectivity index is 2.28. The Hall–Kier alpha value is 0.440. The molecule has 2 heteroatoms. The molecule has 0 aromatic rings. The van der Waals surface area contributed by atoms with E-state index in [2.05, 4.69) is 37.0 Å². The smallest absolute Gasteiger partial charge is 0.0586 e. The van der Waals surface area contributed by atoms with Crippen LogP contribution in [-0.2, 0) is 0 Å². The fourth-order valence-corrected chi connectivity index (χ4v) is 3.95. The Morgan fingerprint density at radius 2 is 2.10 bits per heavy atom. The minimum Gasteiger partial charge on any atom is -0.144 e. The molecule has 0 aromatic carbocycles. The zero-order valence-corrected chi connectivity index (χ0v) is 8.06. The molecule has 1 aliphatic heterocycles. The number of hydrogen-bond donors (Lipinski definition) is 0. The zero-order valence-electron chi connectivity index (χ0n) is 6.43. The van der Waals surface area contributed by atoms with Gasteiger partial charge in [0.1, 0.15) is 0 Å². The highest BCUT2D eigenvalue weighted by atomic mass is 32.2. The molecule has 0 nitrogen and oxygen atoms in total. The van der Waals surface area contributed by atoms with Crippen LogP contribution in [0.5, 0.6) is 0 Å². The van der Waals surface area contributed by atoms with Crippen LogP contribution in [0.2, 0.25) is 0 Å². The molecule has 0 radical (unpaired) electrons. The molecular formula is C8H14S2. The van der Waals surface area contributed by atoms with Crippen molar-refractivity contribution in [3.8, 4) is 0 Å². The van der Waals surface area contributed by atoms with Gasteiger partial charge in [-0.15, -0.1) is 30.1 Å². The van der Waals surface area contributed by atoms with Crippen molar-refractivity contribution in [3.05, 3.63) is 12.7 Å². The Morgan fingerprint density at radius 1 is 1.50 bits per heavy atom. The molecular weight excluding hydrogens is 160 g/mol. The highest BCUT2D eigenvalue weighted by Crippen LogP contribution is 2.46. The van der Waals surface area contributed by atoms with Crippen LogP contribution in [0.15, 0.2) is 12.7 Å². The molecule has 0 saturated carbocycles. The van der Waals surface area contributed by atoms with Gasteiger partial charge in [0.25, 0.3) is 0 Å². The Morgan fingerprint density at radius 3 is 2.60 bits per heavy atom. The molecule has 0 spiro atoms. The average Bonchev–Trinajstić information content (AvgIpc) is 2.33. The number of hydrogen-bond acceptors (Lipinski definition) is 2. The van der Waals surface area contributed by atoms with Crippen LogP contribution in [-0.4, -0.2) is 15.6 Å². The Bertz CT molecular complexity index is 114. The van der Waals surface area contributed by atoms with Gasteiger partial charge in [0, 0.05) is 11.5 Å². The third kappa shape index (κ3) is 2.24.